The minimum Gasteiger partial charge on any atom is -0.481 e. The summed E-state index contributed by atoms with van der Waals surface area (Å²) < 4.78 is 2.18. The summed E-state index contributed by atoms with van der Waals surface area (Å²) in [7, 11) is 0. The van der Waals surface area contributed by atoms with E-state index in [1.807, 2.05) is 12.5 Å². The van der Waals surface area contributed by atoms with Gasteiger partial charge in [0, 0.05) is 18.7 Å². The lowest BCUT2D eigenvalue weighted by Gasteiger charge is -2.26. The molecule has 126 valence electrons. The number of carboxylic acid groups (broad SMARTS) is 1. The Labute approximate surface area is 132 Å². The van der Waals surface area contributed by atoms with Crippen molar-refractivity contribution in [2.45, 2.75) is 57.9 Å². The largest absolute Gasteiger partial charge is 0.481 e. The van der Waals surface area contributed by atoms with Crippen LogP contribution in [-0.4, -0.2) is 32.6 Å². The highest BCUT2D eigenvalue weighted by molar-refractivity contribution is 5.70. The van der Waals surface area contributed by atoms with Crippen molar-refractivity contribution in [1.29, 1.82) is 0 Å². The van der Waals surface area contributed by atoms with E-state index in [0.29, 0.717) is 25.4 Å². The first-order valence-electron chi connectivity index (χ1n) is 8.05. The molecule has 6 nitrogen and oxygen atoms in total. The summed E-state index contributed by atoms with van der Waals surface area (Å²) >= 11 is 0. The number of carbonyl (C=O) groups is 1. The summed E-state index contributed by atoms with van der Waals surface area (Å²) in [6.07, 6.45) is 10.7. The molecule has 0 spiro atoms. The first-order chi connectivity index (χ1) is 10.1. The van der Waals surface area contributed by atoms with Crippen molar-refractivity contribution in [1.82, 2.24) is 9.55 Å². The van der Waals surface area contributed by atoms with Crippen LogP contribution in [0.25, 0.3) is 0 Å². The van der Waals surface area contributed by atoms with Gasteiger partial charge in [-0.05, 0) is 51.0 Å². The molecule has 1 fully saturated rings. The third kappa shape index (κ3) is 5.10. The minimum absolute atomic E-state index is 0. The Morgan fingerprint density at radius 1 is 1.45 bits per heavy atom. The normalized spacial score (nSPS) is 22.8. The van der Waals surface area contributed by atoms with E-state index in [0.717, 1.165) is 18.0 Å². The van der Waals surface area contributed by atoms with Crippen LogP contribution in [0.3, 0.4) is 0 Å². The SMILES string of the molecule is C[C@H]1CC[C@H](n2cnc(CC(CCCN)C(=O)O)c2)CC1.O. The Hall–Kier alpha value is -1.40. The maximum absolute atomic E-state index is 11.3. The number of imidazole rings is 1. The summed E-state index contributed by atoms with van der Waals surface area (Å²) in [6.45, 7) is 2.85. The van der Waals surface area contributed by atoms with Crippen molar-refractivity contribution in [3.63, 3.8) is 0 Å². The molecule has 1 aliphatic carbocycles. The van der Waals surface area contributed by atoms with Gasteiger partial charge in [-0.2, -0.15) is 0 Å². The fourth-order valence-corrected chi connectivity index (χ4v) is 3.15. The number of rotatable bonds is 7. The Bertz CT molecular complexity index is 453. The minimum atomic E-state index is -0.746. The molecule has 0 saturated heterocycles. The van der Waals surface area contributed by atoms with Crippen LogP contribution in [0.4, 0.5) is 0 Å². The third-order valence-electron chi connectivity index (χ3n) is 4.62. The van der Waals surface area contributed by atoms with Gasteiger partial charge in [0.2, 0.25) is 0 Å². The fourth-order valence-electron chi connectivity index (χ4n) is 3.15. The van der Waals surface area contributed by atoms with Crippen molar-refractivity contribution >= 4 is 5.97 Å². The number of carboxylic acids is 1. The fraction of sp³-hybridized carbons (Fsp3) is 0.750. The second-order valence-corrected chi connectivity index (χ2v) is 6.40. The molecule has 6 heteroatoms. The Morgan fingerprint density at radius 2 is 2.14 bits per heavy atom. The standard InChI is InChI=1S/C16H27N3O2.H2O/c1-12-4-6-15(7-5-12)19-10-14(18-11-19)9-13(16(20)21)3-2-8-17;/h10-13,15H,2-9,17H2,1H3,(H,20,21);1H2/t12-,13?,15-;. The Morgan fingerprint density at radius 3 is 2.73 bits per heavy atom. The van der Waals surface area contributed by atoms with Crippen LogP contribution in [0.15, 0.2) is 12.5 Å². The smallest absolute Gasteiger partial charge is 0.306 e. The highest BCUT2D eigenvalue weighted by Crippen LogP contribution is 2.31. The van der Waals surface area contributed by atoms with E-state index < -0.39 is 5.97 Å². The van der Waals surface area contributed by atoms with Crippen molar-refractivity contribution in [3.05, 3.63) is 18.2 Å². The maximum Gasteiger partial charge on any atom is 0.306 e. The lowest BCUT2D eigenvalue weighted by atomic mass is 9.87. The molecule has 1 unspecified atom stereocenters. The molecule has 0 amide bonds. The van der Waals surface area contributed by atoms with Crippen LogP contribution in [0.5, 0.6) is 0 Å². The van der Waals surface area contributed by atoms with E-state index >= 15 is 0 Å². The number of aliphatic carboxylic acids is 1. The zero-order chi connectivity index (χ0) is 15.2. The quantitative estimate of drug-likeness (QED) is 0.799. The molecule has 22 heavy (non-hydrogen) atoms. The van der Waals surface area contributed by atoms with Crippen LogP contribution in [0.2, 0.25) is 0 Å². The van der Waals surface area contributed by atoms with Crippen LogP contribution < -0.4 is 5.73 Å². The van der Waals surface area contributed by atoms with E-state index in [1.54, 1.807) is 0 Å². The molecule has 1 heterocycles. The van der Waals surface area contributed by atoms with E-state index in [-0.39, 0.29) is 11.4 Å². The summed E-state index contributed by atoms with van der Waals surface area (Å²) in [4.78, 5) is 15.7. The summed E-state index contributed by atoms with van der Waals surface area (Å²) in [5.41, 5.74) is 6.36. The number of hydrogen-bond acceptors (Lipinski definition) is 3. The van der Waals surface area contributed by atoms with Gasteiger partial charge in [-0.3, -0.25) is 4.79 Å². The topological polar surface area (TPSA) is 113 Å². The number of hydrogen-bond donors (Lipinski definition) is 2. The van der Waals surface area contributed by atoms with E-state index in [4.69, 9.17) is 5.73 Å². The Kier molecular flexibility index (Phi) is 7.55. The predicted octanol–water partition coefficient (Wildman–Crippen LogP) is 1.79. The maximum atomic E-state index is 11.3. The van der Waals surface area contributed by atoms with Gasteiger partial charge in [0.15, 0.2) is 0 Å². The van der Waals surface area contributed by atoms with Gasteiger partial charge in [-0.25, -0.2) is 4.98 Å². The number of aromatic nitrogens is 2. The first kappa shape index (κ1) is 18.6. The first-order valence-corrected chi connectivity index (χ1v) is 8.05. The zero-order valence-corrected chi connectivity index (χ0v) is 13.4. The molecule has 1 saturated carbocycles. The van der Waals surface area contributed by atoms with Crippen molar-refractivity contribution < 1.29 is 15.4 Å². The van der Waals surface area contributed by atoms with Gasteiger partial charge in [0.1, 0.15) is 0 Å². The third-order valence-corrected chi connectivity index (χ3v) is 4.62. The molecular formula is C16H29N3O3. The molecular weight excluding hydrogens is 282 g/mol. The van der Waals surface area contributed by atoms with Crippen LogP contribution in [0, 0.1) is 11.8 Å². The molecule has 1 aliphatic rings. The highest BCUT2D eigenvalue weighted by Gasteiger charge is 2.22. The number of nitrogens with zero attached hydrogens (tertiary/aromatic N) is 2. The van der Waals surface area contributed by atoms with Gasteiger partial charge in [-0.1, -0.05) is 6.92 Å². The van der Waals surface area contributed by atoms with Crippen LogP contribution >= 0.6 is 0 Å². The lowest BCUT2D eigenvalue weighted by Crippen LogP contribution is -2.18. The highest BCUT2D eigenvalue weighted by atomic mass is 16.4. The van der Waals surface area contributed by atoms with Crippen molar-refractivity contribution in [2.75, 3.05) is 6.54 Å². The monoisotopic (exact) mass is 311 g/mol. The average molecular weight is 311 g/mol. The summed E-state index contributed by atoms with van der Waals surface area (Å²) in [5.74, 6) is -0.287. The Balaban J connectivity index is 0.00000242. The second-order valence-electron chi connectivity index (χ2n) is 6.40. The van der Waals surface area contributed by atoms with Crippen LogP contribution in [0.1, 0.15) is 57.2 Å². The molecule has 5 N–H and O–H groups in total. The average Bonchev–Trinajstić information content (AvgIpc) is 2.92. The van der Waals surface area contributed by atoms with Crippen LogP contribution in [-0.2, 0) is 11.2 Å². The molecule has 0 aromatic carbocycles. The second kappa shape index (κ2) is 8.90. The molecule has 1 atom stereocenters. The molecule has 0 aliphatic heterocycles. The number of nitrogens with two attached hydrogens (primary N) is 1. The van der Waals surface area contributed by atoms with Crippen molar-refractivity contribution in [2.24, 2.45) is 17.6 Å². The summed E-state index contributed by atoms with van der Waals surface area (Å²) in [5, 5.41) is 9.27. The summed E-state index contributed by atoms with van der Waals surface area (Å²) in [6, 6.07) is 0.537. The zero-order valence-electron chi connectivity index (χ0n) is 13.4. The van der Waals surface area contributed by atoms with E-state index in [9.17, 15) is 9.90 Å². The molecule has 2 rings (SSSR count). The molecule has 0 radical (unpaired) electrons. The van der Waals surface area contributed by atoms with E-state index in [1.165, 1.54) is 25.7 Å². The lowest BCUT2D eigenvalue weighted by molar-refractivity contribution is -0.142. The van der Waals surface area contributed by atoms with Gasteiger partial charge >= 0.3 is 5.97 Å². The predicted molar refractivity (Wildman–Crippen MR) is 85.6 cm³/mol. The molecule has 1 aromatic heterocycles. The molecule has 1 aromatic rings. The van der Waals surface area contributed by atoms with E-state index in [2.05, 4.69) is 16.5 Å². The van der Waals surface area contributed by atoms with Gasteiger partial charge in [0.25, 0.3) is 0 Å². The van der Waals surface area contributed by atoms with Gasteiger partial charge < -0.3 is 20.9 Å². The molecule has 0 bridgehead atoms. The van der Waals surface area contributed by atoms with Gasteiger partial charge in [-0.15, -0.1) is 0 Å². The van der Waals surface area contributed by atoms with Gasteiger partial charge in [0.05, 0.1) is 17.9 Å². The van der Waals surface area contributed by atoms with Crippen molar-refractivity contribution in [3.8, 4) is 0 Å².